The van der Waals surface area contributed by atoms with Crippen molar-refractivity contribution in [2.75, 3.05) is 12.8 Å². The van der Waals surface area contributed by atoms with Gasteiger partial charge in [-0.25, -0.2) is 9.78 Å². The first-order valence-electron chi connectivity index (χ1n) is 3.26. The standard InChI is InChI=1S/C7H6Cl2N2O2/c1-13-7(12)3-2-4(8)11-6(10)5(3)9/h2H,1H3,(H2,10,11). The number of pyridine rings is 1. The number of esters is 1. The normalized spacial score (nSPS) is 9.77. The van der Waals surface area contributed by atoms with Gasteiger partial charge in [-0.2, -0.15) is 0 Å². The Balaban J connectivity index is 3.28. The van der Waals surface area contributed by atoms with Crippen LogP contribution in [0.15, 0.2) is 6.07 Å². The molecule has 0 atom stereocenters. The Hall–Kier alpha value is -1.00. The van der Waals surface area contributed by atoms with Crippen LogP contribution in [-0.2, 0) is 4.74 Å². The molecule has 13 heavy (non-hydrogen) atoms. The van der Waals surface area contributed by atoms with E-state index in [2.05, 4.69) is 9.72 Å². The molecule has 0 bridgehead atoms. The van der Waals surface area contributed by atoms with Crippen molar-refractivity contribution in [3.8, 4) is 0 Å². The number of rotatable bonds is 1. The van der Waals surface area contributed by atoms with Crippen molar-refractivity contribution in [1.82, 2.24) is 4.98 Å². The summed E-state index contributed by atoms with van der Waals surface area (Å²) >= 11 is 11.3. The molecule has 1 aromatic rings. The second-order valence-corrected chi connectivity index (χ2v) is 2.95. The molecule has 1 aromatic heterocycles. The number of nitrogens with zero attached hydrogens (tertiary/aromatic N) is 1. The summed E-state index contributed by atoms with van der Waals surface area (Å²) in [6, 6.07) is 1.30. The molecule has 0 unspecified atom stereocenters. The first kappa shape index (κ1) is 10.1. The molecule has 4 nitrogen and oxygen atoms in total. The largest absolute Gasteiger partial charge is 0.465 e. The van der Waals surface area contributed by atoms with E-state index in [1.807, 2.05) is 0 Å². The van der Waals surface area contributed by atoms with Gasteiger partial charge in [0.2, 0.25) is 0 Å². The minimum absolute atomic E-state index is 0.00886. The van der Waals surface area contributed by atoms with Gasteiger partial charge in [-0.1, -0.05) is 23.2 Å². The van der Waals surface area contributed by atoms with E-state index in [0.717, 1.165) is 0 Å². The average Bonchev–Trinajstić information content (AvgIpc) is 2.10. The quantitative estimate of drug-likeness (QED) is 0.579. The van der Waals surface area contributed by atoms with E-state index >= 15 is 0 Å². The summed E-state index contributed by atoms with van der Waals surface area (Å²) in [5, 5.41) is 0.151. The van der Waals surface area contributed by atoms with Crippen molar-refractivity contribution in [2.45, 2.75) is 0 Å². The number of carbonyl (C=O) groups excluding carboxylic acids is 1. The van der Waals surface area contributed by atoms with Gasteiger partial charge in [-0.3, -0.25) is 0 Å². The summed E-state index contributed by atoms with van der Waals surface area (Å²) in [6.07, 6.45) is 0. The predicted molar refractivity (Wildman–Crippen MR) is 50.0 cm³/mol. The summed E-state index contributed by atoms with van der Waals surface area (Å²) in [7, 11) is 1.24. The predicted octanol–water partition coefficient (Wildman–Crippen LogP) is 1.76. The molecule has 0 saturated carbocycles. The number of hydrogen-bond acceptors (Lipinski definition) is 4. The van der Waals surface area contributed by atoms with Gasteiger partial charge in [-0.05, 0) is 6.07 Å². The summed E-state index contributed by atoms with van der Waals surface area (Å²) in [5.74, 6) is -0.587. The zero-order chi connectivity index (χ0) is 10.0. The molecule has 1 rings (SSSR count). The Labute approximate surface area is 84.6 Å². The van der Waals surface area contributed by atoms with Crippen molar-refractivity contribution in [2.24, 2.45) is 0 Å². The number of aromatic nitrogens is 1. The lowest BCUT2D eigenvalue weighted by molar-refractivity contribution is 0.0601. The third-order valence-corrected chi connectivity index (χ3v) is 1.95. The number of hydrogen-bond donors (Lipinski definition) is 1. The maximum Gasteiger partial charge on any atom is 0.339 e. The van der Waals surface area contributed by atoms with Crippen LogP contribution >= 0.6 is 23.2 Å². The molecule has 0 spiro atoms. The highest BCUT2D eigenvalue weighted by Gasteiger charge is 2.14. The topological polar surface area (TPSA) is 65.2 Å². The first-order chi connectivity index (χ1) is 6.06. The van der Waals surface area contributed by atoms with Crippen LogP contribution in [0.4, 0.5) is 5.82 Å². The number of nitrogens with two attached hydrogens (primary N) is 1. The van der Waals surface area contributed by atoms with Crippen LogP contribution in [0.25, 0.3) is 0 Å². The maximum absolute atomic E-state index is 11.1. The highest BCUT2D eigenvalue weighted by Crippen LogP contribution is 2.24. The number of anilines is 1. The molecule has 0 amide bonds. The Morgan fingerprint density at radius 1 is 1.62 bits per heavy atom. The number of ether oxygens (including phenoxy) is 1. The Kier molecular flexibility index (Phi) is 2.95. The smallest absolute Gasteiger partial charge is 0.339 e. The fourth-order valence-electron chi connectivity index (χ4n) is 0.775. The Morgan fingerprint density at radius 3 is 2.77 bits per heavy atom. The van der Waals surface area contributed by atoms with Gasteiger partial charge in [-0.15, -0.1) is 0 Å². The van der Waals surface area contributed by atoms with E-state index in [1.165, 1.54) is 13.2 Å². The molecular weight excluding hydrogens is 215 g/mol. The summed E-state index contributed by atoms with van der Waals surface area (Å²) < 4.78 is 4.46. The summed E-state index contributed by atoms with van der Waals surface area (Å²) in [5.41, 5.74) is 5.49. The van der Waals surface area contributed by atoms with E-state index in [9.17, 15) is 4.79 Å². The van der Waals surface area contributed by atoms with Crippen LogP contribution in [0, 0.1) is 0 Å². The van der Waals surface area contributed by atoms with Gasteiger partial charge < -0.3 is 10.5 Å². The zero-order valence-corrected chi connectivity index (χ0v) is 8.19. The Bertz CT molecular complexity index is 355. The van der Waals surface area contributed by atoms with Gasteiger partial charge in [0.05, 0.1) is 17.7 Å². The molecule has 6 heteroatoms. The van der Waals surface area contributed by atoms with Crippen molar-refractivity contribution in [3.05, 3.63) is 21.8 Å². The molecule has 1 heterocycles. The maximum atomic E-state index is 11.1. The van der Waals surface area contributed by atoms with Gasteiger partial charge in [0.15, 0.2) is 0 Å². The molecule has 70 valence electrons. The van der Waals surface area contributed by atoms with Crippen LogP contribution in [0.2, 0.25) is 10.2 Å². The van der Waals surface area contributed by atoms with Crippen LogP contribution in [0.5, 0.6) is 0 Å². The first-order valence-corrected chi connectivity index (χ1v) is 4.01. The van der Waals surface area contributed by atoms with Gasteiger partial charge in [0, 0.05) is 0 Å². The van der Waals surface area contributed by atoms with E-state index < -0.39 is 5.97 Å². The number of halogens is 2. The molecular formula is C7H6Cl2N2O2. The summed E-state index contributed by atoms with van der Waals surface area (Å²) in [4.78, 5) is 14.7. The van der Waals surface area contributed by atoms with E-state index in [4.69, 9.17) is 28.9 Å². The van der Waals surface area contributed by atoms with E-state index in [1.54, 1.807) is 0 Å². The van der Waals surface area contributed by atoms with Crippen LogP contribution in [0.1, 0.15) is 10.4 Å². The highest BCUT2D eigenvalue weighted by atomic mass is 35.5. The second-order valence-electron chi connectivity index (χ2n) is 2.18. The third-order valence-electron chi connectivity index (χ3n) is 1.36. The SMILES string of the molecule is COC(=O)c1cc(Cl)nc(N)c1Cl. The van der Waals surface area contributed by atoms with Crippen LogP contribution in [0.3, 0.4) is 0 Å². The second kappa shape index (κ2) is 3.81. The lowest BCUT2D eigenvalue weighted by Gasteiger charge is -2.04. The van der Waals surface area contributed by atoms with E-state index in [0.29, 0.717) is 0 Å². The van der Waals surface area contributed by atoms with Crippen molar-refractivity contribution in [3.63, 3.8) is 0 Å². The third kappa shape index (κ3) is 2.02. The highest BCUT2D eigenvalue weighted by molar-refractivity contribution is 6.37. The number of carbonyl (C=O) groups is 1. The lowest BCUT2D eigenvalue weighted by atomic mass is 10.2. The van der Waals surface area contributed by atoms with E-state index in [-0.39, 0.29) is 21.6 Å². The molecule has 0 aromatic carbocycles. The van der Waals surface area contributed by atoms with Crippen molar-refractivity contribution >= 4 is 35.0 Å². The minimum Gasteiger partial charge on any atom is -0.465 e. The molecule has 0 saturated heterocycles. The molecule has 0 aliphatic carbocycles. The average molecular weight is 221 g/mol. The zero-order valence-electron chi connectivity index (χ0n) is 6.67. The minimum atomic E-state index is -0.596. The summed E-state index contributed by atoms with van der Waals surface area (Å²) in [6.45, 7) is 0. The van der Waals surface area contributed by atoms with Gasteiger partial charge >= 0.3 is 5.97 Å². The fraction of sp³-hybridized carbons (Fsp3) is 0.143. The van der Waals surface area contributed by atoms with Gasteiger partial charge in [0.1, 0.15) is 11.0 Å². The molecule has 0 radical (unpaired) electrons. The van der Waals surface area contributed by atoms with Crippen LogP contribution < -0.4 is 5.73 Å². The van der Waals surface area contributed by atoms with Crippen molar-refractivity contribution < 1.29 is 9.53 Å². The monoisotopic (exact) mass is 220 g/mol. The number of methoxy groups -OCH3 is 1. The van der Waals surface area contributed by atoms with Crippen molar-refractivity contribution in [1.29, 1.82) is 0 Å². The fourth-order valence-corrected chi connectivity index (χ4v) is 1.15. The van der Waals surface area contributed by atoms with Gasteiger partial charge in [0.25, 0.3) is 0 Å². The molecule has 2 N–H and O–H groups in total. The van der Waals surface area contributed by atoms with Crippen LogP contribution in [-0.4, -0.2) is 18.1 Å². The molecule has 0 aliphatic heterocycles. The molecule has 0 aliphatic rings. The lowest BCUT2D eigenvalue weighted by Crippen LogP contribution is -2.05. The number of nitrogen functional groups attached to an aromatic ring is 1. The Morgan fingerprint density at radius 2 is 2.23 bits per heavy atom. The molecule has 0 fully saturated rings.